The van der Waals surface area contributed by atoms with Gasteiger partial charge in [0.15, 0.2) is 6.29 Å². The van der Waals surface area contributed by atoms with Gasteiger partial charge in [-0.3, -0.25) is 0 Å². The molecule has 0 amide bonds. The van der Waals surface area contributed by atoms with Crippen LogP contribution in [-0.4, -0.2) is 44.9 Å². The maximum atomic E-state index is 6.07. The predicted octanol–water partition coefficient (Wildman–Crippen LogP) is 6.61. The molecule has 0 N–H and O–H groups in total. The molecule has 0 unspecified atom stereocenters. The molecule has 0 saturated carbocycles. The molecule has 1 aromatic rings. The van der Waals surface area contributed by atoms with Gasteiger partial charge in [0.2, 0.25) is 0 Å². The van der Waals surface area contributed by atoms with Crippen molar-refractivity contribution in [2.75, 3.05) is 26.4 Å². The Labute approximate surface area is 197 Å². The Kier molecular flexibility index (Phi) is 14.3. The van der Waals surface area contributed by atoms with Crippen LogP contribution in [0, 0.1) is 6.92 Å². The van der Waals surface area contributed by atoms with Gasteiger partial charge < -0.3 is 23.7 Å². The molecule has 0 aliphatic rings. The van der Waals surface area contributed by atoms with Crippen LogP contribution in [-0.2, 0) is 20.6 Å². The van der Waals surface area contributed by atoms with Gasteiger partial charge in [-0.2, -0.15) is 0 Å². The van der Waals surface area contributed by atoms with Gasteiger partial charge in [0.25, 0.3) is 0 Å². The monoisotopic (exact) mass is 476 g/mol. The Morgan fingerprint density at radius 3 is 2.19 bits per heavy atom. The van der Waals surface area contributed by atoms with Crippen LogP contribution in [0.5, 0.6) is 11.5 Å². The minimum atomic E-state index is -0.331. The molecule has 0 radical (unpaired) electrons. The molecule has 0 aliphatic heterocycles. The van der Waals surface area contributed by atoms with Crippen molar-refractivity contribution in [1.29, 1.82) is 0 Å². The standard InChI is InChI=1S/C24H38Cl2O5/c1-7-20-15-21(28-13-10-22(25)26)14-19(6)24(20)29-12-9-8-11-27-16-23(30-17(2)3)31-18(4)5/h10,14-15,17-18,23H,7-9,11-13,16H2,1-6H3. The van der Waals surface area contributed by atoms with E-state index in [0.29, 0.717) is 26.4 Å². The first-order valence-electron chi connectivity index (χ1n) is 11.0. The van der Waals surface area contributed by atoms with E-state index in [9.17, 15) is 0 Å². The van der Waals surface area contributed by atoms with Gasteiger partial charge in [-0.15, -0.1) is 0 Å². The van der Waals surface area contributed by atoms with Crippen molar-refractivity contribution in [2.45, 2.75) is 79.3 Å². The summed E-state index contributed by atoms with van der Waals surface area (Å²) in [7, 11) is 0. The average molecular weight is 477 g/mol. The molecule has 0 heterocycles. The third kappa shape index (κ3) is 12.6. The molecule has 0 spiro atoms. The van der Waals surface area contributed by atoms with Crippen molar-refractivity contribution >= 4 is 23.2 Å². The highest BCUT2D eigenvalue weighted by molar-refractivity contribution is 6.55. The SMILES string of the molecule is CCc1cc(OCC=C(Cl)Cl)cc(C)c1OCCCCOCC(OC(C)C)OC(C)C. The molecule has 1 aromatic carbocycles. The fourth-order valence-electron chi connectivity index (χ4n) is 2.94. The maximum absolute atomic E-state index is 6.07. The van der Waals surface area contributed by atoms with Crippen LogP contribution in [0.3, 0.4) is 0 Å². The van der Waals surface area contributed by atoms with Crippen LogP contribution in [0.1, 0.15) is 58.6 Å². The van der Waals surface area contributed by atoms with Gasteiger partial charge >= 0.3 is 0 Å². The predicted molar refractivity (Wildman–Crippen MR) is 128 cm³/mol. The first-order valence-corrected chi connectivity index (χ1v) is 11.8. The Balaban J connectivity index is 2.40. The van der Waals surface area contributed by atoms with Crippen molar-refractivity contribution in [3.8, 4) is 11.5 Å². The van der Waals surface area contributed by atoms with Gasteiger partial charge in [-0.25, -0.2) is 0 Å². The van der Waals surface area contributed by atoms with Gasteiger partial charge in [-0.05, 0) is 83.2 Å². The lowest BCUT2D eigenvalue weighted by molar-refractivity contribution is -0.204. The highest BCUT2D eigenvalue weighted by Gasteiger charge is 2.14. The van der Waals surface area contributed by atoms with E-state index in [2.05, 4.69) is 6.92 Å². The molecule has 5 nitrogen and oxygen atoms in total. The van der Waals surface area contributed by atoms with Crippen LogP contribution < -0.4 is 9.47 Å². The van der Waals surface area contributed by atoms with E-state index in [4.69, 9.17) is 46.9 Å². The van der Waals surface area contributed by atoms with Crippen LogP contribution in [0.25, 0.3) is 0 Å². The second-order valence-corrected chi connectivity index (χ2v) is 8.82. The van der Waals surface area contributed by atoms with Crippen LogP contribution in [0.2, 0.25) is 0 Å². The molecular formula is C24H38Cl2O5. The number of halogens is 2. The smallest absolute Gasteiger partial charge is 0.181 e. The minimum Gasteiger partial charge on any atom is -0.493 e. The molecule has 0 atom stereocenters. The Hall–Kier alpha value is -0.980. The summed E-state index contributed by atoms with van der Waals surface area (Å²) >= 11 is 11.2. The Morgan fingerprint density at radius 1 is 0.968 bits per heavy atom. The highest BCUT2D eigenvalue weighted by atomic mass is 35.5. The third-order valence-electron chi connectivity index (χ3n) is 4.22. The first-order chi connectivity index (χ1) is 14.7. The van der Waals surface area contributed by atoms with E-state index in [1.807, 2.05) is 46.8 Å². The Morgan fingerprint density at radius 2 is 1.61 bits per heavy atom. The second kappa shape index (κ2) is 15.8. The molecular weight excluding hydrogens is 439 g/mol. The van der Waals surface area contributed by atoms with Gasteiger partial charge in [-0.1, -0.05) is 30.1 Å². The van der Waals surface area contributed by atoms with Crippen LogP contribution in [0.4, 0.5) is 0 Å². The second-order valence-electron chi connectivity index (χ2n) is 7.82. The number of rotatable bonds is 16. The van der Waals surface area contributed by atoms with E-state index in [0.717, 1.165) is 41.9 Å². The lowest BCUT2D eigenvalue weighted by Gasteiger charge is -2.22. The summed E-state index contributed by atoms with van der Waals surface area (Å²) in [5.41, 5.74) is 2.16. The van der Waals surface area contributed by atoms with Crippen molar-refractivity contribution in [3.63, 3.8) is 0 Å². The van der Waals surface area contributed by atoms with Crippen molar-refractivity contribution in [3.05, 3.63) is 33.8 Å². The largest absolute Gasteiger partial charge is 0.493 e. The van der Waals surface area contributed by atoms with Gasteiger partial charge in [0.05, 0.1) is 25.4 Å². The number of hydrogen-bond acceptors (Lipinski definition) is 5. The zero-order chi connectivity index (χ0) is 23.2. The maximum Gasteiger partial charge on any atom is 0.181 e. The number of aryl methyl sites for hydroxylation is 2. The van der Waals surface area contributed by atoms with E-state index >= 15 is 0 Å². The van der Waals surface area contributed by atoms with Gasteiger partial charge in [0, 0.05) is 6.61 Å². The number of benzene rings is 1. The molecule has 0 bridgehead atoms. The first kappa shape index (κ1) is 28.1. The molecule has 1 rings (SSSR count). The fraction of sp³-hybridized carbons (Fsp3) is 0.667. The highest BCUT2D eigenvalue weighted by Crippen LogP contribution is 2.30. The molecule has 0 aliphatic carbocycles. The van der Waals surface area contributed by atoms with E-state index < -0.39 is 0 Å². The molecule has 0 aromatic heterocycles. The summed E-state index contributed by atoms with van der Waals surface area (Å²) < 4.78 is 29.2. The lowest BCUT2D eigenvalue weighted by atomic mass is 10.1. The minimum absolute atomic E-state index is 0.100. The topological polar surface area (TPSA) is 46.2 Å². The molecule has 31 heavy (non-hydrogen) atoms. The molecule has 178 valence electrons. The quantitative estimate of drug-likeness (QED) is 0.198. The summed E-state index contributed by atoms with van der Waals surface area (Å²) in [6.07, 6.45) is 4.15. The number of unbranched alkanes of at least 4 members (excludes halogenated alkanes) is 1. The average Bonchev–Trinajstić information content (AvgIpc) is 2.66. The van der Waals surface area contributed by atoms with Gasteiger partial charge in [0.1, 0.15) is 22.6 Å². The van der Waals surface area contributed by atoms with Crippen LogP contribution >= 0.6 is 23.2 Å². The molecule has 7 heteroatoms. The van der Waals surface area contributed by atoms with Crippen molar-refractivity contribution < 1.29 is 23.7 Å². The summed E-state index contributed by atoms with van der Waals surface area (Å²) in [5.74, 6) is 1.71. The summed E-state index contributed by atoms with van der Waals surface area (Å²) in [6.45, 7) is 14.1. The Bertz CT molecular complexity index is 648. The summed E-state index contributed by atoms with van der Waals surface area (Å²) in [6, 6.07) is 3.97. The number of ether oxygens (including phenoxy) is 5. The zero-order valence-corrected chi connectivity index (χ0v) is 21.2. The van der Waals surface area contributed by atoms with E-state index in [-0.39, 0.29) is 23.0 Å². The summed E-state index contributed by atoms with van der Waals surface area (Å²) in [4.78, 5) is 0. The normalized spacial score (nSPS) is 11.5. The van der Waals surface area contributed by atoms with E-state index in [1.165, 1.54) is 0 Å². The van der Waals surface area contributed by atoms with Crippen molar-refractivity contribution in [2.24, 2.45) is 0 Å². The van der Waals surface area contributed by atoms with E-state index in [1.54, 1.807) is 6.08 Å². The summed E-state index contributed by atoms with van der Waals surface area (Å²) in [5, 5.41) is 0. The van der Waals surface area contributed by atoms with Crippen LogP contribution in [0.15, 0.2) is 22.7 Å². The molecule has 0 saturated heterocycles. The van der Waals surface area contributed by atoms with Crippen molar-refractivity contribution in [1.82, 2.24) is 0 Å². The third-order valence-corrected chi connectivity index (χ3v) is 4.53. The zero-order valence-electron chi connectivity index (χ0n) is 19.7. The number of hydrogen-bond donors (Lipinski definition) is 0. The lowest BCUT2D eigenvalue weighted by Crippen LogP contribution is -2.29. The molecule has 0 fully saturated rings. The fourth-order valence-corrected chi connectivity index (χ4v) is 3.07.